The number of para-hydroxylation sites is 1. The third kappa shape index (κ3) is 5.26. The highest BCUT2D eigenvalue weighted by Gasteiger charge is 2.17. The number of amides is 1. The summed E-state index contributed by atoms with van der Waals surface area (Å²) >= 11 is 5.17. The van der Waals surface area contributed by atoms with Gasteiger partial charge in [0.05, 0.1) is 18.1 Å². The number of nitrogens with zero attached hydrogens (tertiary/aromatic N) is 1. The minimum atomic E-state index is -0.411. The zero-order valence-corrected chi connectivity index (χ0v) is 12.1. The van der Waals surface area contributed by atoms with Crippen LogP contribution in [0.25, 0.3) is 0 Å². The first-order valence-corrected chi connectivity index (χ1v) is 6.74. The minimum absolute atomic E-state index is 0.335. The zero-order valence-electron chi connectivity index (χ0n) is 11.3. The highest BCUT2D eigenvalue weighted by atomic mass is 32.1. The second-order valence-electron chi connectivity index (χ2n) is 3.76. The fourth-order valence-corrected chi connectivity index (χ4v) is 1.65. The van der Waals surface area contributed by atoms with Gasteiger partial charge in [-0.05, 0) is 25.5 Å². The average Bonchev–Trinajstić information content (AvgIpc) is 2.44. The third-order valence-electron chi connectivity index (χ3n) is 2.42. The molecule has 0 aliphatic rings. The quantitative estimate of drug-likeness (QED) is 0.750. The lowest BCUT2D eigenvalue weighted by atomic mass is 10.3. The molecule has 0 saturated carbocycles. The van der Waals surface area contributed by atoms with Crippen LogP contribution in [-0.2, 0) is 4.74 Å². The summed E-state index contributed by atoms with van der Waals surface area (Å²) in [5, 5.41) is 0. The number of carbonyl (C=O) groups excluding carboxylic acids is 1. The molecule has 1 aromatic carbocycles. The molecular formula is C14H19NO3S. The van der Waals surface area contributed by atoms with Gasteiger partial charge < -0.3 is 9.47 Å². The molecule has 0 saturated heterocycles. The summed E-state index contributed by atoms with van der Waals surface area (Å²) in [6.07, 6.45) is 0.213. The normalized spacial score (nSPS) is 9.79. The molecule has 1 amide bonds. The summed E-state index contributed by atoms with van der Waals surface area (Å²) in [5.74, 6) is 0.772. The fraction of sp³-hybridized carbons (Fsp3) is 0.429. The van der Waals surface area contributed by atoms with Crippen LogP contribution < -0.4 is 4.74 Å². The van der Waals surface area contributed by atoms with E-state index in [1.165, 1.54) is 4.90 Å². The van der Waals surface area contributed by atoms with Crippen LogP contribution in [0.3, 0.4) is 0 Å². The zero-order chi connectivity index (χ0) is 14.1. The van der Waals surface area contributed by atoms with Crippen molar-refractivity contribution < 1.29 is 14.3 Å². The van der Waals surface area contributed by atoms with E-state index in [1.54, 1.807) is 6.92 Å². The molecule has 0 unspecified atom stereocenters. The van der Waals surface area contributed by atoms with Crippen LogP contribution in [0, 0.1) is 0 Å². The minimum Gasteiger partial charge on any atom is -0.492 e. The summed E-state index contributed by atoms with van der Waals surface area (Å²) in [5.41, 5.74) is 0. The molecule has 0 bridgehead atoms. The first-order valence-electron chi connectivity index (χ1n) is 6.34. The molecule has 0 heterocycles. The Labute approximate surface area is 119 Å². The van der Waals surface area contributed by atoms with Gasteiger partial charge in [-0.1, -0.05) is 37.3 Å². The average molecular weight is 281 g/mol. The van der Waals surface area contributed by atoms with Crippen LogP contribution in [0.4, 0.5) is 4.79 Å². The number of thiocarbonyl (C=S) groups is 1. The monoisotopic (exact) mass is 281 g/mol. The van der Waals surface area contributed by atoms with Gasteiger partial charge >= 0.3 is 6.09 Å². The first-order chi connectivity index (χ1) is 9.19. The molecule has 0 aliphatic heterocycles. The van der Waals surface area contributed by atoms with Crippen LogP contribution in [0.15, 0.2) is 30.3 Å². The molecule has 0 radical (unpaired) electrons. The van der Waals surface area contributed by atoms with E-state index in [2.05, 4.69) is 0 Å². The lowest BCUT2D eigenvalue weighted by molar-refractivity contribution is 0.123. The Morgan fingerprint density at radius 1 is 1.26 bits per heavy atom. The van der Waals surface area contributed by atoms with E-state index in [1.807, 2.05) is 37.3 Å². The first kappa shape index (κ1) is 15.4. The fourth-order valence-electron chi connectivity index (χ4n) is 1.48. The summed E-state index contributed by atoms with van der Waals surface area (Å²) in [6, 6.07) is 9.45. The second kappa shape index (κ2) is 8.48. The van der Waals surface area contributed by atoms with Crippen molar-refractivity contribution >= 4 is 23.3 Å². The van der Waals surface area contributed by atoms with E-state index >= 15 is 0 Å². The molecule has 0 spiro atoms. The van der Waals surface area contributed by atoms with Crippen molar-refractivity contribution in [3.63, 3.8) is 0 Å². The number of carbonyl (C=O) groups is 1. The summed E-state index contributed by atoms with van der Waals surface area (Å²) in [7, 11) is 0. The van der Waals surface area contributed by atoms with E-state index in [0.717, 1.165) is 5.75 Å². The Morgan fingerprint density at radius 2 is 1.95 bits per heavy atom. The molecule has 0 aromatic heterocycles. The lowest BCUT2D eigenvalue weighted by Crippen LogP contribution is -2.38. The molecule has 104 valence electrons. The maximum Gasteiger partial charge on any atom is 0.414 e. The van der Waals surface area contributed by atoms with E-state index in [9.17, 15) is 4.79 Å². The van der Waals surface area contributed by atoms with E-state index in [-0.39, 0.29) is 0 Å². The van der Waals surface area contributed by atoms with Gasteiger partial charge in [-0.2, -0.15) is 0 Å². The molecule has 1 rings (SSSR count). The van der Waals surface area contributed by atoms with Crippen molar-refractivity contribution in [1.29, 1.82) is 0 Å². The molecule has 0 atom stereocenters. The Kier molecular flexibility index (Phi) is 6.89. The van der Waals surface area contributed by atoms with E-state index in [0.29, 0.717) is 31.2 Å². The highest BCUT2D eigenvalue weighted by molar-refractivity contribution is 7.80. The van der Waals surface area contributed by atoms with Crippen molar-refractivity contribution in [2.75, 3.05) is 19.8 Å². The molecule has 5 heteroatoms. The smallest absolute Gasteiger partial charge is 0.414 e. The van der Waals surface area contributed by atoms with Crippen LogP contribution in [0.5, 0.6) is 5.75 Å². The van der Waals surface area contributed by atoms with Gasteiger partial charge in [0.25, 0.3) is 0 Å². The second-order valence-corrected chi connectivity index (χ2v) is 4.23. The van der Waals surface area contributed by atoms with Crippen molar-refractivity contribution in [2.45, 2.75) is 20.3 Å². The van der Waals surface area contributed by atoms with Gasteiger partial charge in [-0.25, -0.2) is 4.79 Å². The summed E-state index contributed by atoms with van der Waals surface area (Å²) < 4.78 is 10.5. The number of hydrogen-bond acceptors (Lipinski definition) is 4. The molecule has 0 N–H and O–H groups in total. The van der Waals surface area contributed by atoms with Gasteiger partial charge in [-0.15, -0.1) is 0 Å². The van der Waals surface area contributed by atoms with Gasteiger partial charge in [0.1, 0.15) is 12.4 Å². The van der Waals surface area contributed by atoms with Crippen LogP contribution in [-0.4, -0.2) is 35.7 Å². The van der Waals surface area contributed by atoms with Crippen LogP contribution in [0.1, 0.15) is 20.3 Å². The predicted octanol–water partition coefficient (Wildman–Crippen LogP) is 3.26. The summed E-state index contributed by atoms with van der Waals surface area (Å²) in [4.78, 5) is 13.8. The topological polar surface area (TPSA) is 38.8 Å². The lowest BCUT2D eigenvalue weighted by Gasteiger charge is -2.21. The SMILES string of the molecule is CCOC(=O)N(CCOc1ccccc1)C(=S)CC. The molecular weight excluding hydrogens is 262 g/mol. The standard InChI is InChI=1S/C14H19NO3S/c1-3-13(19)15(14(16)17-4-2)10-11-18-12-8-6-5-7-9-12/h5-9H,3-4,10-11H2,1-2H3. The van der Waals surface area contributed by atoms with Gasteiger partial charge in [0, 0.05) is 0 Å². The molecule has 19 heavy (non-hydrogen) atoms. The predicted molar refractivity (Wildman–Crippen MR) is 78.6 cm³/mol. The van der Waals surface area contributed by atoms with Gasteiger partial charge in [-0.3, -0.25) is 4.90 Å². The highest BCUT2D eigenvalue weighted by Crippen LogP contribution is 2.08. The van der Waals surface area contributed by atoms with Crippen molar-refractivity contribution in [3.05, 3.63) is 30.3 Å². The molecule has 1 aromatic rings. The van der Waals surface area contributed by atoms with Crippen LogP contribution >= 0.6 is 12.2 Å². The van der Waals surface area contributed by atoms with Crippen molar-refractivity contribution in [3.8, 4) is 5.75 Å². The van der Waals surface area contributed by atoms with Crippen LogP contribution in [0.2, 0.25) is 0 Å². The molecule has 0 aliphatic carbocycles. The van der Waals surface area contributed by atoms with Gasteiger partial charge in [0.15, 0.2) is 0 Å². The van der Waals surface area contributed by atoms with Gasteiger partial charge in [0.2, 0.25) is 0 Å². The Morgan fingerprint density at radius 3 is 2.53 bits per heavy atom. The Balaban J connectivity index is 2.49. The maximum absolute atomic E-state index is 11.7. The number of rotatable bonds is 6. The number of ether oxygens (including phenoxy) is 2. The molecule has 0 fully saturated rings. The summed E-state index contributed by atoms with van der Waals surface area (Å²) in [6.45, 7) is 4.78. The van der Waals surface area contributed by atoms with E-state index in [4.69, 9.17) is 21.7 Å². The van der Waals surface area contributed by atoms with Crippen molar-refractivity contribution in [1.82, 2.24) is 4.90 Å². The molecule has 4 nitrogen and oxygen atoms in total. The third-order valence-corrected chi connectivity index (χ3v) is 2.93. The number of benzene rings is 1. The van der Waals surface area contributed by atoms with E-state index < -0.39 is 6.09 Å². The Hall–Kier alpha value is -1.62. The largest absolute Gasteiger partial charge is 0.492 e. The maximum atomic E-state index is 11.7. The van der Waals surface area contributed by atoms with Crippen molar-refractivity contribution in [2.24, 2.45) is 0 Å². The Bertz CT molecular complexity index is 408. The number of hydrogen-bond donors (Lipinski definition) is 0.